The number of halogens is 3. The molecule has 150 valence electrons. The van der Waals surface area contributed by atoms with Crippen molar-refractivity contribution in [3.05, 3.63) is 65.7 Å². The second kappa shape index (κ2) is 9.86. The number of aliphatic imine (C=N–C) groups is 1. The van der Waals surface area contributed by atoms with Gasteiger partial charge in [-0.2, -0.15) is 0 Å². The first kappa shape index (κ1) is 22.0. The number of carbonyl (C=O) groups is 2. The van der Waals surface area contributed by atoms with E-state index in [4.69, 9.17) is 14.2 Å². The quantitative estimate of drug-likeness (QED) is 0.251. The van der Waals surface area contributed by atoms with Crippen LogP contribution >= 0.6 is 54.5 Å². The zero-order valence-electron chi connectivity index (χ0n) is 15.1. The van der Waals surface area contributed by atoms with E-state index in [1.54, 1.807) is 25.1 Å². The van der Waals surface area contributed by atoms with Gasteiger partial charge in [-0.3, -0.25) is 0 Å². The molecule has 0 unspecified atom stereocenters. The Morgan fingerprint density at radius 1 is 1.21 bits per heavy atom. The smallest absolute Gasteiger partial charge is 0.363 e. The summed E-state index contributed by atoms with van der Waals surface area (Å²) < 4.78 is 17.9. The fraction of sp³-hybridized carbons (Fsp3) is 0.150. The van der Waals surface area contributed by atoms with E-state index in [-0.39, 0.29) is 24.8 Å². The fourth-order valence-electron chi connectivity index (χ4n) is 2.42. The van der Waals surface area contributed by atoms with Gasteiger partial charge >= 0.3 is 11.9 Å². The molecule has 0 atom stereocenters. The monoisotopic (exact) mass is 633 g/mol. The number of rotatable bonds is 6. The van der Waals surface area contributed by atoms with E-state index in [0.29, 0.717) is 20.3 Å². The van der Waals surface area contributed by atoms with Crippen LogP contribution in [0.5, 0.6) is 5.75 Å². The van der Waals surface area contributed by atoms with Gasteiger partial charge < -0.3 is 14.2 Å². The average Bonchev–Trinajstić information content (AvgIpc) is 3.02. The van der Waals surface area contributed by atoms with Crippen LogP contribution in [0.2, 0.25) is 0 Å². The normalized spacial score (nSPS) is 14.6. The highest BCUT2D eigenvalue weighted by molar-refractivity contribution is 14.1. The Morgan fingerprint density at radius 2 is 1.86 bits per heavy atom. The fourth-order valence-corrected chi connectivity index (χ4v) is 4.23. The van der Waals surface area contributed by atoms with Crippen LogP contribution in [0, 0.1) is 3.57 Å². The number of ether oxygens (including phenoxy) is 3. The molecule has 0 bridgehead atoms. The van der Waals surface area contributed by atoms with Gasteiger partial charge in [0.25, 0.3) is 0 Å². The minimum Gasteiger partial charge on any atom is -0.480 e. The molecule has 0 N–H and O–H groups in total. The third-order valence-corrected chi connectivity index (χ3v) is 5.57. The maximum absolute atomic E-state index is 12.2. The second-order valence-corrected chi connectivity index (χ2v) is 8.70. The van der Waals surface area contributed by atoms with Crippen LogP contribution in [0.4, 0.5) is 0 Å². The molecule has 1 aliphatic heterocycles. The van der Waals surface area contributed by atoms with Crippen molar-refractivity contribution in [1.82, 2.24) is 0 Å². The van der Waals surface area contributed by atoms with Gasteiger partial charge in [0, 0.05) is 9.13 Å². The Kier molecular flexibility index (Phi) is 7.47. The van der Waals surface area contributed by atoms with Gasteiger partial charge in [-0.05, 0) is 109 Å². The van der Waals surface area contributed by atoms with Crippen LogP contribution in [-0.2, 0) is 19.1 Å². The van der Waals surface area contributed by atoms with Gasteiger partial charge in [-0.1, -0.05) is 0 Å². The van der Waals surface area contributed by atoms with Crippen molar-refractivity contribution in [2.75, 3.05) is 13.2 Å². The number of cyclic esters (lactones) is 1. The number of hydrogen-bond acceptors (Lipinski definition) is 6. The van der Waals surface area contributed by atoms with Crippen LogP contribution in [0.3, 0.4) is 0 Å². The minimum absolute atomic E-state index is 0.192. The highest BCUT2D eigenvalue weighted by Gasteiger charge is 2.24. The van der Waals surface area contributed by atoms with E-state index < -0.39 is 11.9 Å². The molecule has 0 aromatic heterocycles. The lowest BCUT2D eigenvalue weighted by molar-refractivity contribution is -0.145. The van der Waals surface area contributed by atoms with E-state index in [2.05, 4.69) is 59.4 Å². The molecule has 0 fully saturated rings. The summed E-state index contributed by atoms with van der Waals surface area (Å²) in [5.41, 5.74) is 1.62. The van der Waals surface area contributed by atoms with Gasteiger partial charge in [0.2, 0.25) is 5.90 Å². The largest absolute Gasteiger partial charge is 0.480 e. The molecular formula is C20H14Br2INO5. The SMILES string of the molecule is CCOC(=O)COc1c(Br)cc(/C=C2\N=C(c3ccc(I)cc3)OC2=O)cc1Br. The second-order valence-electron chi connectivity index (χ2n) is 5.75. The summed E-state index contributed by atoms with van der Waals surface area (Å²) in [6.45, 7) is 1.81. The summed E-state index contributed by atoms with van der Waals surface area (Å²) in [5, 5.41) is 0. The molecule has 0 radical (unpaired) electrons. The Labute approximate surface area is 197 Å². The Balaban J connectivity index is 1.81. The topological polar surface area (TPSA) is 74.2 Å². The molecule has 2 aromatic rings. The molecule has 0 spiro atoms. The van der Waals surface area contributed by atoms with Crippen molar-refractivity contribution >= 4 is 78.4 Å². The van der Waals surface area contributed by atoms with Crippen LogP contribution < -0.4 is 4.74 Å². The standard InChI is InChI=1S/C20H14Br2INO5/c1-2-27-17(25)10-28-18-14(21)7-11(8-15(18)22)9-16-20(26)29-19(24-16)12-3-5-13(23)6-4-12/h3-9H,2,10H2,1H3/b16-9-. The molecular weight excluding hydrogens is 621 g/mol. The van der Waals surface area contributed by atoms with E-state index in [1.807, 2.05) is 24.3 Å². The van der Waals surface area contributed by atoms with E-state index in [9.17, 15) is 9.59 Å². The molecule has 1 heterocycles. The number of hydrogen-bond donors (Lipinski definition) is 0. The van der Waals surface area contributed by atoms with Crippen LogP contribution in [0.25, 0.3) is 6.08 Å². The first-order chi connectivity index (χ1) is 13.9. The molecule has 2 aromatic carbocycles. The van der Waals surface area contributed by atoms with Gasteiger partial charge in [-0.15, -0.1) is 0 Å². The number of carbonyl (C=O) groups excluding carboxylic acids is 2. The summed E-state index contributed by atoms with van der Waals surface area (Å²) in [6, 6.07) is 11.0. The zero-order valence-corrected chi connectivity index (χ0v) is 20.4. The molecule has 6 nitrogen and oxygen atoms in total. The first-order valence-corrected chi connectivity index (χ1v) is 11.1. The molecule has 0 saturated heterocycles. The van der Waals surface area contributed by atoms with Crippen molar-refractivity contribution in [1.29, 1.82) is 0 Å². The molecule has 0 saturated carbocycles. The van der Waals surface area contributed by atoms with Crippen molar-refractivity contribution in [2.45, 2.75) is 6.92 Å². The molecule has 0 aliphatic carbocycles. The summed E-state index contributed by atoms with van der Waals surface area (Å²) in [5.74, 6) is -0.250. The maximum Gasteiger partial charge on any atom is 0.363 e. The summed E-state index contributed by atoms with van der Waals surface area (Å²) in [4.78, 5) is 28.0. The van der Waals surface area contributed by atoms with Crippen molar-refractivity contribution in [3.63, 3.8) is 0 Å². The van der Waals surface area contributed by atoms with Gasteiger partial charge in [-0.25, -0.2) is 14.6 Å². The zero-order chi connectivity index (χ0) is 21.0. The predicted octanol–water partition coefficient (Wildman–Crippen LogP) is 5.10. The third kappa shape index (κ3) is 5.67. The van der Waals surface area contributed by atoms with Gasteiger partial charge in [0.1, 0.15) is 5.75 Å². The summed E-state index contributed by atoms with van der Waals surface area (Å²) >= 11 is 9.04. The number of nitrogens with zero attached hydrogens (tertiary/aromatic N) is 1. The third-order valence-electron chi connectivity index (χ3n) is 3.68. The van der Waals surface area contributed by atoms with Crippen molar-refractivity contribution in [3.8, 4) is 5.75 Å². The maximum atomic E-state index is 12.2. The highest BCUT2D eigenvalue weighted by atomic mass is 127. The first-order valence-electron chi connectivity index (χ1n) is 8.43. The van der Waals surface area contributed by atoms with Crippen LogP contribution in [0.1, 0.15) is 18.1 Å². The summed E-state index contributed by atoms with van der Waals surface area (Å²) in [6.07, 6.45) is 1.62. The van der Waals surface area contributed by atoms with E-state index in [0.717, 1.165) is 9.13 Å². The molecule has 1 aliphatic rings. The Bertz CT molecular complexity index is 995. The summed E-state index contributed by atoms with van der Waals surface area (Å²) in [7, 11) is 0. The van der Waals surface area contributed by atoms with Crippen molar-refractivity contribution in [2.24, 2.45) is 4.99 Å². The average molecular weight is 635 g/mol. The van der Waals surface area contributed by atoms with Crippen LogP contribution in [-0.4, -0.2) is 31.1 Å². The predicted molar refractivity (Wildman–Crippen MR) is 124 cm³/mol. The lowest BCUT2D eigenvalue weighted by Crippen LogP contribution is -2.15. The highest BCUT2D eigenvalue weighted by Crippen LogP contribution is 2.35. The Morgan fingerprint density at radius 3 is 2.48 bits per heavy atom. The lowest BCUT2D eigenvalue weighted by Gasteiger charge is -2.10. The molecule has 3 rings (SSSR count). The lowest BCUT2D eigenvalue weighted by atomic mass is 10.2. The minimum atomic E-state index is -0.520. The Hall–Kier alpha value is -1.72. The number of esters is 2. The van der Waals surface area contributed by atoms with E-state index >= 15 is 0 Å². The van der Waals surface area contributed by atoms with E-state index in [1.165, 1.54) is 0 Å². The molecule has 9 heteroatoms. The molecule has 29 heavy (non-hydrogen) atoms. The number of benzene rings is 2. The van der Waals surface area contributed by atoms with Crippen LogP contribution in [0.15, 0.2) is 56.0 Å². The van der Waals surface area contributed by atoms with Crippen molar-refractivity contribution < 1.29 is 23.8 Å². The van der Waals surface area contributed by atoms with Gasteiger partial charge in [0.05, 0.1) is 15.6 Å². The molecule has 0 amide bonds. The van der Waals surface area contributed by atoms with Gasteiger partial charge in [0.15, 0.2) is 12.3 Å².